The molecule has 0 nitrogen and oxygen atoms in total. The molecule has 0 heterocycles. The summed E-state index contributed by atoms with van der Waals surface area (Å²) in [5.41, 5.74) is 0. The molecule has 0 bridgehead atoms. The van der Waals surface area contributed by atoms with Crippen LogP contribution < -0.4 is 0 Å². The van der Waals surface area contributed by atoms with Crippen molar-refractivity contribution in [2.75, 3.05) is 167 Å². The lowest BCUT2D eigenvalue weighted by Gasteiger charge is -2.20. The molecule has 7 unspecified atom stereocenters. The Morgan fingerprint density at radius 1 is 0.229 bits per heavy atom. The Balaban J connectivity index is -0.000000258. The van der Waals surface area contributed by atoms with Crippen molar-refractivity contribution in [1.29, 1.82) is 0 Å². The minimum atomic E-state index is 0.655. The minimum Gasteiger partial charge on any atom is -0.179 e. The molecule has 24 heteroatoms. The molecule has 0 fully saturated rings. The van der Waals surface area contributed by atoms with E-state index in [1.54, 1.807) is 0 Å². The monoisotopic (exact) mass is 1420 g/mol. The molecule has 0 radical (unpaired) electrons. The summed E-state index contributed by atoms with van der Waals surface area (Å²) in [5, 5.41) is 4.79. The van der Waals surface area contributed by atoms with Crippen LogP contribution in [0, 0.1) is 0 Å². The van der Waals surface area contributed by atoms with Gasteiger partial charge in [-0.2, -0.15) is 293 Å². The van der Waals surface area contributed by atoms with Crippen LogP contribution in [0.3, 0.4) is 0 Å². The van der Waals surface area contributed by atoms with Crippen molar-refractivity contribution in [2.45, 2.75) is 103 Å². The van der Waals surface area contributed by atoms with Gasteiger partial charge < -0.3 is 0 Å². The Bertz CT molecular complexity index is 842. The predicted molar refractivity (Wildman–Crippen MR) is 418 cm³/mol. The van der Waals surface area contributed by atoms with Crippen LogP contribution in [-0.4, -0.2) is 204 Å². The first-order valence-corrected chi connectivity index (χ1v) is 45.3. The highest BCUT2D eigenvalue weighted by Gasteiger charge is 2.16. The third kappa shape index (κ3) is 72.5. The van der Waals surface area contributed by atoms with Crippen LogP contribution in [0.25, 0.3) is 0 Å². The van der Waals surface area contributed by atoms with Crippen LogP contribution in [0.2, 0.25) is 0 Å². The Kier molecular flexibility index (Phi) is 99.0. The molecule has 0 N–H and O–H groups in total. The molecule has 0 rings (SSSR count). The Hall–Kier alpha value is 8.40. The van der Waals surface area contributed by atoms with Gasteiger partial charge in [-0.3, -0.25) is 0 Å². The molecule has 0 saturated heterocycles. The fraction of sp³-hybridized carbons (Fsp3) is 1.00. The summed E-state index contributed by atoms with van der Waals surface area (Å²) >= 11 is 76.3. The van der Waals surface area contributed by atoms with E-state index in [2.05, 4.69) is 257 Å². The Morgan fingerprint density at radius 2 is 0.471 bits per heavy atom. The van der Waals surface area contributed by atoms with Gasteiger partial charge in [-0.1, -0.05) is 34.6 Å². The summed E-state index contributed by atoms with van der Waals surface area (Å²) in [6.07, 6.45) is 6.36. The van der Waals surface area contributed by atoms with E-state index in [-0.39, 0.29) is 0 Å². The van der Waals surface area contributed by atoms with Gasteiger partial charge >= 0.3 is 0 Å². The second kappa shape index (κ2) is 79.5. The first-order chi connectivity index (χ1) is 34.1. The molecule has 0 aromatic heterocycles. The first kappa shape index (κ1) is 87.2. The number of hydrogen-bond donors (Lipinski definition) is 12. The lowest BCUT2D eigenvalue weighted by molar-refractivity contribution is 1.07. The zero-order valence-electron chi connectivity index (χ0n) is 43.3. The van der Waals surface area contributed by atoms with Gasteiger partial charge in [0, 0.05) is 146 Å². The zero-order chi connectivity index (χ0) is 53.6. The number of thiol groups is 12. The minimum absolute atomic E-state index is 0.655. The molecular weight excluding hydrogens is 1320 g/mol. The van der Waals surface area contributed by atoms with E-state index in [9.17, 15) is 0 Å². The molecular formula is C46H102S24. The number of hydrogen-bond acceptors (Lipinski definition) is 24. The summed E-state index contributed by atoms with van der Waals surface area (Å²) < 4.78 is 0. The van der Waals surface area contributed by atoms with Crippen LogP contribution >= 0.6 is 293 Å². The largest absolute Gasteiger partial charge is 0.179 e. The highest BCUT2D eigenvalue weighted by atomic mass is 32.2. The van der Waals surface area contributed by atoms with Gasteiger partial charge in [-0.05, 0) is 89.6 Å². The number of rotatable bonds is 48. The van der Waals surface area contributed by atoms with Crippen LogP contribution in [-0.2, 0) is 0 Å². The van der Waals surface area contributed by atoms with E-state index in [0.29, 0.717) is 31.5 Å². The average molecular weight is 1420 g/mol. The van der Waals surface area contributed by atoms with E-state index < -0.39 is 0 Å². The SMILES string of the molecule is CCCSC(CS)CSCC(CS)SCCS.CCCSC(CS)CSCCS.CCCSCC(CS)SC(CS)CSCCS.CCCSCC(CS)SCC(CS)SCCS.CCCSCCS. The quantitative estimate of drug-likeness (QED) is 0.0208. The van der Waals surface area contributed by atoms with Crippen molar-refractivity contribution in [3.8, 4) is 0 Å². The second-order valence-corrected chi connectivity index (χ2v) is 34.9. The third-order valence-electron chi connectivity index (χ3n) is 7.91. The van der Waals surface area contributed by atoms with Crippen molar-refractivity contribution in [3.05, 3.63) is 0 Å². The van der Waals surface area contributed by atoms with Crippen molar-refractivity contribution in [3.63, 3.8) is 0 Å². The molecule has 0 aliphatic rings. The van der Waals surface area contributed by atoms with Crippen molar-refractivity contribution >= 4 is 293 Å². The molecule has 0 aromatic rings. The van der Waals surface area contributed by atoms with Crippen molar-refractivity contribution in [1.82, 2.24) is 0 Å². The van der Waals surface area contributed by atoms with Crippen molar-refractivity contribution in [2.24, 2.45) is 0 Å². The van der Waals surface area contributed by atoms with Gasteiger partial charge in [0.2, 0.25) is 0 Å². The fourth-order valence-corrected chi connectivity index (χ4v) is 23.4. The summed E-state index contributed by atoms with van der Waals surface area (Å²) in [5.74, 6) is 32.4. The molecule has 0 aliphatic carbocycles. The van der Waals surface area contributed by atoms with Crippen LogP contribution in [0.1, 0.15) is 66.7 Å². The maximum absolute atomic E-state index is 4.46. The maximum Gasteiger partial charge on any atom is 0.0229 e. The molecule has 0 spiro atoms. The molecule has 0 aromatic carbocycles. The van der Waals surface area contributed by atoms with Gasteiger partial charge in [0.1, 0.15) is 0 Å². The summed E-state index contributed by atoms with van der Waals surface area (Å²) in [6.45, 7) is 11.1. The summed E-state index contributed by atoms with van der Waals surface area (Å²) in [7, 11) is 0. The highest BCUT2D eigenvalue weighted by molar-refractivity contribution is 8.08. The summed E-state index contributed by atoms with van der Waals surface area (Å²) in [4.78, 5) is 0. The van der Waals surface area contributed by atoms with E-state index in [1.165, 1.54) is 113 Å². The van der Waals surface area contributed by atoms with Crippen LogP contribution in [0.15, 0.2) is 0 Å². The zero-order valence-corrected chi connectivity index (χ0v) is 63.9. The van der Waals surface area contributed by atoms with Gasteiger partial charge in [0.25, 0.3) is 0 Å². The Morgan fingerprint density at radius 3 is 0.786 bits per heavy atom. The van der Waals surface area contributed by atoms with Crippen molar-refractivity contribution < 1.29 is 0 Å². The van der Waals surface area contributed by atoms with Gasteiger partial charge in [-0.25, -0.2) is 0 Å². The fourth-order valence-electron chi connectivity index (χ4n) is 4.48. The standard InChI is InChI=1S/3C11H24S6.C8H18S4.C5H12S2/c1-2-4-16-10(6-13)8-15-9-11(7-14)17-5-3-12;1-2-4-15-8-10(6-13)17-9-11(7-14)16-5-3-12;1-2-4-15-8-10(6-13)17-11(7-14)9-16-5-3-12;1-2-4-12-8(6-10)7-11-5-3-9;1-2-4-7-5-3-6/h3*10-14H,2-9H2,1H3;8-10H,2-7H2,1H3;6H,2-5H2,1H3. The predicted octanol–water partition coefficient (Wildman–Crippen LogP) is 17.5. The third-order valence-corrected chi connectivity index (χ3v) is 32.5. The molecule has 70 heavy (non-hydrogen) atoms. The molecule has 7 atom stereocenters. The van der Waals surface area contributed by atoms with E-state index in [0.717, 1.165) is 91.5 Å². The molecule has 0 saturated carbocycles. The van der Waals surface area contributed by atoms with E-state index >= 15 is 0 Å². The lowest BCUT2D eigenvalue weighted by atomic mass is 10.5. The van der Waals surface area contributed by atoms with Gasteiger partial charge in [-0.15, -0.1) is 0 Å². The number of thioether (sulfide) groups is 12. The smallest absolute Gasteiger partial charge is 0.0229 e. The van der Waals surface area contributed by atoms with E-state index in [1.807, 2.05) is 70.6 Å². The van der Waals surface area contributed by atoms with Crippen LogP contribution in [0.5, 0.6) is 0 Å². The summed E-state index contributed by atoms with van der Waals surface area (Å²) in [6, 6.07) is 0. The Labute approximate surface area is 555 Å². The molecule has 0 amide bonds. The first-order valence-electron chi connectivity index (χ1n) is 24.6. The van der Waals surface area contributed by atoms with Gasteiger partial charge in [0.15, 0.2) is 0 Å². The highest BCUT2D eigenvalue weighted by Crippen LogP contribution is 2.28. The second-order valence-electron chi connectivity index (χ2n) is 14.7. The molecule has 0 aliphatic heterocycles. The van der Waals surface area contributed by atoms with Crippen LogP contribution in [0.4, 0.5) is 0 Å². The maximum atomic E-state index is 4.46. The topological polar surface area (TPSA) is 0 Å². The lowest BCUT2D eigenvalue weighted by Crippen LogP contribution is -2.18. The van der Waals surface area contributed by atoms with Gasteiger partial charge in [0.05, 0.1) is 0 Å². The average Bonchev–Trinajstić information content (AvgIpc) is 3.39. The normalized spacial score (nSPS) is 14.0. The molecule has 430 valence electrons. The van der Waals surface area contributed by atoms with E-state index in [4.69, 9.17) is 0 Å².